The molecule has 0 aliphatic heterocycles. The van der Waals surface area contributed by atoms with Gasteiger partial charge < -0.3 is 0 Å². The number of rotatable bonds is 6. The summed E-state index contributed by atoms with van der Waals surface area (Å²) in [4.78, 5) is 0. The molecule has 0 N–H and O–H groups in total. The molecule has 11 heavy (non-hydrogen) atoms. The predicted molar refractivity (Wildman–Crippen MR) is 61.0 cm³/mol. The van der Waals surface area contributed by atoms with Crippen LogP contribution in [0.1, 0.15) is 27.7 Å². The Kier molecular flexibility index (Phi) is 9.10. The van der Waals surface area contributed by atoms with Crippen molar-refractivity contribution in [2.24, 2.45) is 0 Å². The average Bonchev–Trinajstić information content (AvgIpc) is 2.07. The van der Waals surface area contributed by atoms with E-state index in [9.17, 15) is 0 Å². The molecule has 0 bridgehead atoms. The number of hydrogen-bond donors (Lipinski definition) is 0. The van der Waals surface area contributed by atoms with Crippen molar-refractivity contribution in [1.82, 2.24) is 0 Å². The van der Waals surface area contributed by atoms with E-state index in [2.05, 4.69) is 36.1 Å². The zero-order valence-electron chi connectivity index (χ0n) is 8.24. The van der Waals surface area contributed by atoms with Gasteiger partial charge in [0.15, 0.2) is 0 Å². The molecule has 0 heterocycles. The second kappa shape index (κ2) is 8.05. The first-order chi connectivity index (χ1) is 5.28. The first kappa shape index (κ1) is 12.4. The van der Waals surface area contributed by atoms with Crippen molar-refractivity contribution < 1.29 is 0 Å². The van der Waals surface area contributed by atoms with Crippen molar-refractivity contribution in [3.63, 3.8) is 0 Å². The fourth-order valence-corrected chi connectivity index (χ4v) is 42.5. The molecular formula is C8H20Ge2S. The maximum atomic E-state index is 2.52. The monoisotopic (exact) mass is 296 g/mol. The zero-order chi connectivity index (χ0) is 8.69. The van der Waals surface area contributed by atoms with Crippen LogP contribution in [0, 0.1) is 0 Å². The summed E-state index contributed by atoms with van der Waals surface area (Å²) in [7, 11) is 2.52. The Hall–Kier alpha value is 1.44. The SMILES string of the molecule is C[CH2][Ge]([CH2]C)[S][Ge]([CH2]C)[CH2]C. The van der Waals surface area contributed by atoms with Crippen LogP contribution in [-0.4, -0.2) is 26.4 Å². The third kappa shape index (κ3) is 5.64. The van der Waals surface area contributed by atoms with E-state index >= 15 is 0 Å². The van der Waals surface area contributed by atoms with Gasteiger partial charge in [-0.2, -0.15) is 0 Å². The van der Waals surface area contributed by atoms with Crippen LogP contribution in [-0.2, 0) is 0 Å². The molecular weight excluding hydrogens is 273 g/mol. The van der Waals surface area contributed by atoms with Gasteiger partial charge in [-0.3, -0.25) is 0 Å². The third-order valence-electron chi connectivity index (χ3n) is 1.87. The molecule has 0 unspecified atom stereocenters. The molecule has 0 aromatic heterocycles. The first-order valence-electron chi connectivity index (χ1n) is 4.65. The summed E-state index contributed by atoms with van der Waals surface area (Å²) in [6.07, 6.45) is 0. The van der Waals surface area contributed by atoms with Gasteiger partial charge in [-0.05, 0) is 0 Å². The topological polar surface area (TPSA) is 0 Å². The minimum atomic E-state index is -0.549. The van der Waals surface area contributed by atoms with Crippen LogP contribution in [0.2, 0.25) is 21.0 Å². The molecule has 0 saturated heterocycles. The summed E-state index contributed by atoms with van der Waals surface area (Å²) in [5.74, 6) is 0. The van der Waals surface area contributed by atoms with Gasteiger partial charge in [0.1, 0.15) is 0 Å². The molecule has 3 heteroatoms. The van der Waals surface area contributed by atoms with Gasteiger partial charge in [-0.15, -0.1) is 0 Å². The molecule has 0 nitrogen and oxygen atoms in total. The van der Waals surface area contributed by atoms with Crippen molar-refractivity contribution in [2.75, 3.05) is 0 Å². The average molecular weight is 294 g/mol. The van der Waals surface area contributed by atoms with Crippen LogP contribution in [0.5, 0.6) is 0 Å². The molecule has 0 atom stereocenters. The van der Waals surface area contributed by atoms with E-state index in [0.29, 0.717) is 0 Å². The predicted octanol–water partition coefficient (Wildman–Crippen LogP) is 3.78. The van der Waals surface area contributed by atoms with E-state index in [1.807, 2.05) is 0 Å². The summed E-state index contributed by atoms with van der Waals surface area (Å²) in [6.45, 7) is 9.58. The summed E-state index contributed by atoms with van der Waals surface area (Å²) in [5, 5.41) is 6.16. The minimum absolute atomic E-state index is 0.549. The second-order valence-electron chi connectivity index (χ2n) is 2.59. The molecule has 0 aromatic carbocycles. The van der Waals surface area contributed by atoms with E-state index in [0.717, 1.165) is 0 Å². The number of hydrogen-bond acceptors (Lipinski definition) is 1. The van der Waals surface area contributed by atoms with Crippen molar-refractivity contribution >= 4 is 34.8 Å². The van der Waals surface area contributed by atoms with Crippen LogP contribution < -0.4 is 0 Å². The van der Waals surface area contributed by atoms with Crippen LogP contribution >= 0.6 is 8.41 Å². The Morgan fingerprint density at radius 1 is 0.727 bits per heavy atom. The molecule has 0 rings (SSSR count). The molecule has 66 valence electrons. The van der Waals surface area contributed by atoms with Gasteiger partial charge >= 0.3 is 83.5 Å². The second-order valence-corrected chi connectivity index (χ2v) is 27.2. The normalized spacial score (nSPS) is 11.5. The molecule has 0 amide bonds. The molecule has 0 fully saturated rings. The van der Waals surface area contributed by atoms with Crippen LogP contribution in [0.15, 0.2) is 0 Å². The third-order valence-corrected chi connectivity index (χ3v) is 37.6. The summed E-state index contributed by atoms with van der Waals surface area (Å²) < 4.78 is 0. The Bertz CT molecular complexity index is 70.2. The molecule has 0 aliphatic carbocycles. The van der Waals surface area contributed by atoms with Gasteiger partial charge in [0, 0.05) is 0 Å². The van der Waals surface area contributed by atoms with Crippen LogP contribution in [0.25, 0.3) is 0 Å². The fourth-order valence-electron chi connectivity index (χ4n) is 0.993. The molecule has 0 spiro atoms. The quantitative estimate of drug-likeness (QED) is 0.672. The Morgan fingerprint density at radius 3 is 1.18 bits per heavy atom. The van der Waals surface area contributed by atoms with E-state index in [1.165, 1.54) is 21.0 Å². The molecule has 0 aromatic rings. The van der Waals surface area contributed by atoms with Gasteiger partial charge in [-0.25, -0.2) is 0 Å². The van der Waals surface area contributed by atoms with Gasteiger partial charge in [0.25, 0.3) is 0 Å². The van der Waals surface area contributed by atoms with Crippen LogP contribution in [0.4, 0.5) is 0 Å². The first-order valence-corrected chi connectivity index (χ1v) is 16.5. The molecule has 0 aliphatic rings. The maximum absolute atomic E-state index is 2.52. The Balaban J connectivity index is 3.58. The van der Waals surface area contributed by atoms with E-state index in [1.54, 1.807) is 0 Å². The van der Waals surface area contributed by atoms with Crippen molar-refractivity contribution in [3.05, 3.63) is 0 Å². The Morgan fingerprint density at radius 2 is 1.00 bits per heavy atom. The van der Waals surface area contributed by atoms with E-state index in [4.69, 9.17) is 0 Å². The fraction of sp³-hybridized carbons (Fsp3) is 1.00. The standard InChI is InChI=1S/C8H20Ge2S/c1-5-9(6-2)11-10(7-3)8-4/h5-8H2,1-4H3. The van der Waals surface area contributed by atoms with Crippen molar-refractivity contribution in [3.8, 4) is 0 Å². The van der Waals surface area contributed by atoms with Crippen LogP contribution in [0.3, 0.4) is 0 Å². The van der Waals surface area contributed by atoms with Gasteiger partial charge in [0.2, 0.25) is 0 Å². The summed E-state index contributed by atoms with van der Waals surface area (Å²) in [5.41, 5.74) is 0. The van der Waals surface area contributed by atoms with E-state index in [-0.39, 0.29) is 0 Å². The van der Waals surface area contributed by atoms with Crippen molar-refractivity contribution in [2.45, 2.75) is 48.7 Å². The molecule has 2 radical (unpaired) electrons. The molecule has 0 saturated carbocycles. The zero-order valence-corrected chi connectivity index (χ0v) is 13.2. The summed E-state index contributed by atoms with van der Waals surface area (Å²) >= 11 is -1.10. The van der Waals surface area contributed by atoms with Gasteiger partial charge in [-0.1, -0.05) is 0 Å². The summed E-state index contributed by atoms with van der Waals surface area (Å²) in [6, 6.07) is 0. The van der Waals surface area contributed by atoms with E-state index < -0.39 is 26.4 Å². The Labute approximate surface area is 83.2 Å². The van der Waals surface area contributed by atoms with Gasteiger partial charge in [0.05, 0.1) is 0 Å². The van der Waals surface area contributed by atoms with Crippen molar-refractivity contribution in [1.29, 1.82) is 0 Å².